The summed E-state index contributed by atoms with van der Waals surface area (Å²) in [5.74, 6) is 0.107. The van der Waals surface area contributed by atoms with Gasteiger partial charge in [0.25, 0.3) is 0 Å². The van der Waals surface area contributed by atoms with Gasteiger partial charge >= 0.3 is 0 Å². The predicted molar refractivity (Wildman–Crippen MR) is 231 cm³/mol. The maximum Gasteiger partial charge on any atom is 0.0971 e. The van der Waals surface area contributed by atoms with Crippen molar-refractivity contribution in [2.24, 2.45) is 0 Å². The second-order valence-electron chi connectivity index (χ2n) is 14.6. The lowest BCUT2D eigenvalue weighted by Gasteiger charge is -2.30. The summed E-state index contributed by atoms with van der Waals surface area (Å²) in [6.45, 7) is 0. The van der Waals surface area contributed by atoms with Crippen LogP contribution in [0.1, 0.15) is 17.2 Å². The first-order valence-corrected chi connectivity index (χ1v) is 19.2. The van der Waals surface area contributed by atoms with Gasteiger partial charge in [0.15, 0.2) is 0 Å². The summed E-state index contributed by atoms with van der Waals surface area (Å²) in [4.78, 5) is 13.2. The highest BCUT2D eigenvalue weighted by atomic mass is 15.2. The summed E-state index contributed by atoms with van der Waals surface area (Å²) < 4.78 is 2.38. The van der Waals surface area contributed by atoms with Gasteiger partial charge in [-0.05, 0) is 76.9 Å². The minimum Gasteiger partial charge on any atom is -0.332 e. The van der Waals surface area contributed by atoms with Gasteiger partial charge in [0.1, 0.15) is 0 Å². The Labute approximate surface area is 326 Å². The molecule has 11 rings (SSSR count). The zero-order chi connectivity index (χ0) is 37.0. The minimum atomic E-state index is 0.0562. The molecule has 3 aromatic heterocycles. The van der Waals surface area contributed by atoms with Crippen LogP contribution in [0.15, 0.2) is 206 Å². The van der Waals surface area contributed by atoms with Crippen molar-refractivity contribution in [2.75, 3.05) is 4.90 Å². The number of hydrogen-bond donors (Lipinski definition) is 0. The third-order valence-corrected chi connectivity index (χ3v) is 11.3. The van der Waals surface area contributed by atoms with Gasteiger partial charge in [-0.3, -0.25) is 0 Å². The normalized spacial score (nSPS) is 15.9. The molecule has 0 fully saturated rings. The second-order valence-corrected chi connectivity index (χ2v) is 14.6. The highest BCUT2D eigenvalue weighted by Gasteiger charge is 2.40. The van der Waals surface area contributed by atoms with Crippen LogP contribution < -0.4 is 4.90 Å². The Morgan fingerprint density at radius 2 is 1.05 bits per heavy atom. The Hall–Kier alpha value is -7.30. The Morgan fingerprint density at radius 3 is 1.77 bits per heavy atom. The summed E-state index contributed by atoms with van der Waals surface area (Å²) in [5, 5.41) is 1.13. The number of benzene rings is 6. The molecule has 0 N–H and O–H groups in total. The average Bonchev–Trinajstić information content (AvgIpc) is 3.79. The molecule has 2 aliphatic rings. The van der Waals surface area contributed by atoms with E-state index in [1.54, 1.807) is 0 Å². The molecule has 2 atom stereocenters. The fourth-order valence-corrected chi connectivity index (χ4v) is 8.65. The highest BCUT2D eigenvalue weighted by molar-refractivity contribution is 6.09. The van der Waals surface area contributed by atoms with E-state index in [0.717, 1.165) is 67.2 Å². The maximum atomic E-state index is 5.37. The van der Waals surface area contributed by atoms with Crippen LogP contribution in [0.2, 0.25) is 0 Å². The number of nitrogens with zero attached hydrogens (tertiary/aromatic N) is 4. The van der Waals surface area contributed by atoms with E-state index in [1.165, 1.54) is 22.3 Å². The number of anilines is 2. The van der Waals surface area contributed by atoms with Crippen molar-refractivity contribution in [1.82, 2.24) is 14.5 Å². The summed E-state index contributed by atoms with van der Waals surface area (Å²) in [5.41, 5.74) is 16.6. The van der Waals surface area contributed by atoms with Crippen molar-refractivity contribution in [3.05, 3.63) is 218 Å². The van der Waals surface area contributed by atoms with Gasteiger partial charge in [-0.2, -0.15) is 0 Å². The van der Waals surface area contributed by atoms with Crippen molar-refractivity contribution >= 4 is 38.9 Å². The quantitative estimate of drug-likeness (QED) is 0.172. The highest BCUT2D eigenvalue weighted by Crippen LogP contribution is 2.49. The van der Waals surface area contributed by atoms with Gasteiger partial charge in [-0.15, -0.1) is 0 Å². The van der Waals surface area contributed by atoms with Crippen molar-refractivity contribution in [2.45, 2.75) is 12.0 Å². The van der Waals surface area contributed by atoms with Crippen molar-refractivity contribution in [3.63, 3.8) is 0 Å². The van der Waals surface area contributed by atoms with Crippen molar-refractivity contribution < 1.29 is 0 Å². The Balaban J connectivity index is 1.09. The van der Waals surface area contributed by atoms with Crippen LogP contribution >= 0.6 is 0 Å². The van der Waals surface area contributed by atoms with Crippen molar-refractivity contribution in [3.8, 4) is 39.3 Å². The van der Waals surface area contributed by atoms with Gasteiger partial charge in [0.2, 0.25) is 0 Å². The molecule has 0 radical (unpaired) electrons. The number of rotatable bonds is 6. The smallest absolute Gasteiger partial charge is 0.0971 e. The molecule has 2 unspecified atom stereocenters. The first-order valence-electron chi connectivity index (χ1n) is 19.2. The molecule has 1 aliphatic carbocycles. The van der Waals surface area contributed by atoms with Gasteiger partial charge in [-0.25, -0.2) is 9.97 Å². The van der Waals surface area contributed by atoms with Gasteiger partial charge in [-0.1, -0.05) is 152 Å². The van der Waals surface area contributed by atoms with E-state index >= 15 is 0 Å². The number of aromatic nitrogens is 3. The monoisotopic (exact) mass is 716 g/mol. The third-order valence-electron chi connectivity index (χ3n) is 11.3. The molecule has 264 valence electrons. The number of fused-ring (bicyclic) bond motifs is 6. The predicted octanol–water partition coefficient (Wildman–Crippen LogP) is 12.8. The lowest BCUT2D eigenvalue weighted by atomic mass is 9.88. The molecular weight excluding hydrogens is 681 g/mol. The van der Waals surface area contributed by atoms with Crippen LogP contribution in [0.25, 0.3) is 66.8 Å². The molecule has 1 aliphatic heterocycles. The maximum absolute atomic E-state index is 5.37. The number of allylic oxidation sites excluding steroid dienone is 2. The molecule has 4 heterocycles. The molecule has 0 bridgehead atoms. The molecule has 0 spiro atoms. The van der Waals surface area contributed by atoms with Crippen LogP contribution in [0, 0.1) is 0 Å². The lowest BCUT2D eigenvalue weighted by molar-refractivity contribution is 0.735. The molecule has 9 aromatic rings. The first-order chi connectivity index (χ1) is 27.8. The molecule has 4 nitrogen and oxygen atoms in total. The fraction of sp³-hybridized carbons (Fsp3) is 0.0385. The lowest BCUT2D eigenvalue weighted by Crippen LogP contribution is -2.29. The standard InChI is InChI=1S/C52H36N4/c1-5-14-35(15-6-1)39-25-29-47-44(32-39)52-49(31-28-46(54-52)38-20-11-4-12-21-38)55(47)41-22-13-23-42(34-41)56-48-30-27-45(37-18-9-3-10-19-37)53-51(48)43-26-24-40(33-50(43)56)36-16-7-2-8-17-36/h1-34,43,50H. The second kappa shape index (κ2) is 13.2. The summed E-state index contributed by atoms with van der Waals surface area (Å²) >= 11 is 0. The van der Waals surface area contributed by atoms with E-state index < -0.39 is 0 Å². The van der Waals surface area contributed by atoms with Gasteiger partial charge in [0, 0.05) is 33.8 Å². The first kappa shape index (κ1) is 32.2. The van der Waals surface area contributed by atoms with Crippen LogP contribution in [0.3, 0.4) is 0 Å². The third kappa shape index (κ3) is 5.38. The summed E-state index contributed by atoms with van der Waals surface area (Å²) in [6.07, 6.45) is 7.05. The van der Waals surface area contributed by atoms with Gasteiger partial charge < -0.3 is 9.47 Å². The zero-order valence-electron chi connectivity index (χ0n) is 30.6. The molecule has 56 heavy (non-hydrogen) atoms. The molecule has 4 heteroatoms. The molecule has 0 saturated heterocycles. The summed E-state index contributed by atoms with van der Waals surface area (Å²) in [7, 11) is 0. The van der Waals surface area contributed by atoms with Crippen LogP contribution in [0.4, 0.5) is 11.4 Å². The number of hydrogen-bond acceptors (Lipinski definition) is 3. The largest absolute Gasteiger partial charge is 0.332 e. The Kier molecular flexibility index (Phi) is 7.59. The number of pyridine rings is 2. The topological polar surface area (TPSA) is 34.0 Å². The van der Waals surface area contributed by atoms with Crippen LogP contribution in [0.5, 0.6) is 0 Å². The minimum absolute atomic E-state index is 0.0562. The van der Waals surface area contributed by atoms with Crippen molar-refractivity contribution in [1.29, 1.82) is 0 Å². The van der Waals surface area contributed by atoms with E-state index in [1.807, 2.05) is 6.07 Å². The van der Waals surface area contributed by atoms with Crippen LogP contribution in [-0.4, -0.2) is 20.6 Å². The average molecular weight is 717 g/mol. The van der Waals surface area contributed by atoms with E-state index in [2.05, 4.69) is 210 Å². The molecule has 0 amide bonds. The van der Waals surface area contributed by atoms with E-state index in [4.69, 9.17) is 9.97 Å². The summed E-state index contributed by atoms with van der Waals surface area (Å²) in [6, 6.07) is 66.9. The van der Waals surface area contributed by atoms with Gasteiger partial charge in [0.05, 0.1) is 45.4 Å². The van der Waals surface area contributed by atoms with Crippen LogP contribution in [-0.2, 0) is 0 Å². The fourth-order valence-electron chi connectivity index (χ4n) is 8.65. The molecule has 0 saturated carbocycles. The van der Waals surface area contributed by atoms with E-state index in [9.17, 15) is 0 Å². The molecular formula is C52H36N4. The van der Waals surface area contributed by atoms with E-state index in [-0.39, 0.29) is 12.0 Å². The Morgan fingerprint density at radius 1 is 0.446 bits per heavy atom. The van der Waals surface area contributed by atoms with E-state index in [0.29, 0.717) is 0 Å². The molecule has 6 aromatic carbocycles. The Bertz CT molecular complexity index is 2870. The zero-order valence-corrected chi connectivity index (χ0v) is 30.6. The SMILES string of the molecule is C1=CC2c3nc(-c4ccccc4)ccc3N(c3cccc(-n4c5ccc(-c6ccccc6)cc5c5nc(-c6ccccc6)ccc54)c3)C2C=C1c1ccccc1.